The Morgan fingerprint density at radius 3 is 2.83 bits per heavy atom. The van der Waals surface area contributed by atoms with Gasteiger partial charge in [-0.2, -0.15) is 4.98 Å². The van der Waals surface area contributed by atoms with Gasteiger partial charge in [-0.05, 0) is 42.5 Å². The minimum Gasteiger partial charge on any atom is -0.356 e. The molecule has 0 saturated carbocycles. The normalized spacial score (nSPS) is 16.9. The van der Waals surface area contributed by atoms with Crippen molar-refractivity contribution in [3.8, 4) is 0 Å². The van der Waals surface area contributed by atoms with E-state index in [1.54, 1.807) is 18.3 Å². The lowest BCUT2D eigenvalue weighted by Gasteiger charge is -2.31. The second-order valence-electron chi connectivity index (χ2n) is 7.49. The minimum absolute atomic E-state index is 0.161. The van der Waals surface area contributed by atoms with Crippen LogP contribution in [0.5, 0.6) is 0 Å². The van der Waals surface area contributed by atoms with Crippen molar-refractivity contribution in [2.24, 2.45) is 5.92 Å². The van der Waals surface area contributed by atoms with E-state index in [2.05, 4.69) is 27.2 Å². The Labute approximate surface area is 173 Å². The number of nitrogens with one attached hydrogen (secondary N) is 1. The maximum atomic E-state index is 12.5. The predicted octanol–water partition coefficient (Wildman–Crippen LogP) is 2.10. The Balaban J connectivity index is 1.46. The van der Waals surface area contributed by atoms with Gasteiger partial charge in [0, 0.05) is 30.9 Å². The van der Waals surface area contributed by atoms with E-state index >= 15 is 0 Å². The van der Waals surface area contributed by atoms with Gasteiger partial charge in [-0.15, -0.1) is 5.10 Å². The summed E-state index contributed by atoms with van der Waals surface area (Å²) >= 11 is 5.86. The Hall–Kier alpha value is -2.87. The van der Waals surface area contributed by atoms with Gasteiger partial charge in [-0.3, -0.25) is 4.79 Å². The average molecular weight is 415 g/mol. The molecule has 3 heterocycles. The number of aromatic nitrogens is 4. The largest absolute Gasteiger partial charge is 0.356 e. The molecule has 8 nitrogen and oxygen atoms in total. The lowest BCUT2D eigenvalue weighted by atomic mass is 10.0. The molecule has 152 valence electrons. The molecule has 1 atom stereocenters. The van der Waals surface area contributed by atoms with E-state index in [0.717, 1.165) is 35.6 Å². The molecule has 3 aromatic rings. The Bertz CT molecular complexity index is 1070. The zero-order valence-corrected chi connectivity index (χ0v) is 17.0. The lowest BCUT2D eigenvalue weighted by Crippen LogP contribution is -2.35. The molecule has 0 radical (unpaired) electrons. The first-order valence-electron chi connectivity index (χ1n) is 9.72. The SMILES string of the molecule is C[C@H]1CCCN(c2ccn3c(=O)n(CC(=O)NCc4ccc(Cl)cc4)nc3n2)C1. The molecular weight excluding hydrogens is 392 g/mol. The number of hydrogen-bond acceptors (Lipinski definition) is 5. The van der Waals surface area contributed by atoms with Crippen molar-refractivity contribution in [3.63, 3.8) is 0 Å². The summed E-state index contributed by atoms with van der Waals surface area (Å²) in [7, 11) is 0. The van der Waals surface area contributed by atoms with Gasteiger partial charge in [-0.25, -0.2) is 13.9 Å². The number of carbonyl (C=O) groups excluding carboxylic acids is 1. The van der Waals surface area contributed by atoms with Crippen LogP contribution in [0.2, 0.25) is 5.02 Å². The van der Waals surface area contributed by atoms with Crippen LogP contribution in [0.1, 0.15) is 25.3 Å². The lowest BCUT2D eigenvalue weighted by molar-refractivity contribution is -0.122. The van der Waals surface area contributed by atoms with Crippen molar-refractivity contribution in [3.05, 3.63) is 57.6 Å². The zero-order chi connectivity index (χ0) is 20.4. The summed E-state index contributed by atoms with van der Waals surface area (Å²) < 4.78 is 2.51. The van der Waals surface area contributed by atoms with Crippen molar-refractivity contribution < 1.29 is 4.79 Å². The quantitative estimate of drug-likeness (QED) is 0.691. The van der Waals surface area contributed by atoms with Crippen LogP contribution < -0.4 is 15.9 Å². The molecular formula is C20H23ClN6O2. The maximum Gasteiger partial charge on any atom is 0.352 e. The summed E-state index contributed by atoms with van der Waals surface area (Å²) in [5.41, 5.74) is 0.542. The Kier molecular flexibility index (Phi) is 5.53. The molecule has 2 aromatic heterocycles. The molecule has 0 spiro atoms. The number of fused-ring (bicyclic) bond motifs is 1. The number of amides is 1. The minimum atomic E-state index is -0.382. The number of nitrogens with zero attached hydrogens (tertiary/aromatic N) is 5. The highest BCUT2D eigenvalue weighted by Gasteiger charge is 2.19. The number of benzene rings is 1. The van der Waals surface area contributed by atoms with E-state index in [1.807, 2.05) is 18.2 Å². The van der Waals surface area contributed by atoms with Gasteiger partial charge in [-0.1, -0.05) is 30.7 Å². The van der Waals surface area contributed by atoms with Crippen LogP contribution in [0.3, 0.4) is 0 Å². The van der Waals surface area contributed by atoms with E-state index in [-0.39, 0.29) is 18.1 Å². The third kappa shape index (κ3) is 4.42. The van der Waals surface area contributed by atoms with Crippen LogP contribution in [0.25, 0.3) is 5.78 Å². The molecule has 1 amide bonds. The van der Waals surface area contributed by atoms with E-state index in [9.17, 15) is 9.59 Å². The highest BCUT2D eigenvalue weighted by molar-refractivity contribution is 6.30. The van der Waals surface area contributed by atoms with Crippen LogP contribution >= 0.6 is 11.6 Å². The second kappa shape index (κ2) is 8.24. The van der Waals surface area contributed by atoms with E-state index < -0.39 is 0 Å². The molecule has 1 aliphatic heterocycles. The van der Waals surface area contributed by atoms with Crippen LogP contribution in [-0.4, -0.2) is 38.2 Å². The maximum absolute atomic E-state index is 12.5. The molecule has 1 aromatic carbocycles. The number of anilines is 1. The van der Waals surface area contributed by atoms with Crippen LogP contribution in [-0.2, 0) is 17.9 Å². The summed E-state index contributed by atoms with van der Waals surface area (Å²) in [4.78, 5) is 31.5. The van der Waals surface area contributed by atoms with Crippen molar-refractivity contribution in [1.29, 1.82) is 0 Å². The smallest absolute Gasteiger partial charge is 0.352 e. The zero-order valence-electron chi connectivity index (χ0n) is 16.2. The van der Waals surface area contributed by atoms with Crippen molar-refractivity contribution in [2.75, 3.05) is 18.0 Å². The van der Waals surface area contributed by atoms with E-state index in [4.69, 9.17) is 11.6 Å². The summed E-state index contributed by atoms with van der Waals surface area (Å²) in [6.45, 7) is 4.32. The topological polar surface area (TPSA) is 84.5 Å². The fourth-order valence-corrected chi connectivity index (χ4v) is 3.69. The molecule has 0 aliphatic carbocycles. The Morgan fingerprint density at radius 1 is 1.28 bits per heavy atom. The Morgan fingerprint density at radius 2 is 2.07 bits per heavy atom. The van der Waals surface area contributed by atoms with Gasteiger partial charge in [0.2, 0.25) is 5.91 Å². The average Bonchev–Trinajstić information content (AvgIpc) is 3.02. The third-order valence-electron chi connectivity index (χ3n) is 5.12. The van der Waals surface area contributed by atoms with Gasteiger partial charge in [0.15, 0.2) is 0 Å². The molecule has 29 heavy (non-hydrogen) atoms. The molecule has 9 heteroatoms. The molecule has 1 fully saturated rings. The molecule has 0 bridgehead atoms. The first kappa shape index (κ1) is 19.4. The highest BCUT2D eigenvalue weighted by atomic mass is 35.5. The number of rotatable bonds is 5. The third-order valence-corrected chi connectivity index (χ3v) is 5.37. The summed E-state index contributed by atoms with van der Waals surface area (Å²) in [5, 5.41) is 7.67. The highest BCUT2D eigenvalue weighted by Crippen LogP contribution is 2.21. The molecule has 4 rings (SSSR count). The van der Waals surface area contributed by atoms with Crippen LogP contribution in [0, 0.1) is 5.92 Å². The van der Waals surface area contributed by atoms with Crippen LogP contribution in [0.4, 0.5) is 5.82 Å². The molecule has 0 unspecified atom stereocenters. The summed E-state index contributed by atoms with van der Waals surface area (Å²) in [5.74, 6) is 1.44. The van der Waals surface area contributed by atoms with Gasteiger partial charge in [0.1, 0.15) is 12.4 Å². The molecule has 1 N–H and O–H groups in total. The van der Waals surface area contributed by atoms with Crippen LogP contribution in [0.15, 0.2) is 41.3 Å². The number of halogens is 1. The molecule has 1 aliphatic rings. The van der Waals surface area contributed by atoms with Gasteiger partial charge in [0.25, 0.3) is 5.78 Å². The van der Waals surface area contributed by atoms with Crippen molar-refractivity contribution in [1.82, 2.24) is 24.5 Å². The molecule has 1 saturated heterocycles. The fourth-order valence-electron chi connectivity index (χ4n) is 3.57. The summed E-state index contributed by atoms with van der Waals surface area (Å²) in [6, 6.07) is 9.04. The van der Waals surface area contributed by atoms with Gasteiger partial charge < -0.3 is 10.2 Å². The second-order valence-corrected chi connectivity index (χ2v) is 7.93. The van der Waals surface area contributed by atoms with Gasteiger partial charge >= 0.3 is 5.69 Å². The van der Waals surface area contributed by atoms with Crippen molar-refractivity contribution in [2.45, 2.75) is 32.9 Å². The summed E-state index contributed by atoms with van der Waals surface area (Å²) in [6.07, 6.45) is 4.02. The van der Waals surface area contributed by atoms with E-state index in [1.165, 1.54) is 10.8 Å². The first-order chi connectivity index (χ1) is 14.0. The first-order valence-corrected chi connectivity index (χ1v) is 10.1. The predicted molar refractivity (Wildman–Crippen MR) is 111 cm³/mol. The van der Waals surface area contributed by atoms with Crippen molar-refractivity contribution >= 4 is 29.1 Å². The van der Waals surface area contributed by atoms with E-state index in [0.29, 0.717) is 23.3 Å². The monoisotopic (exact) mass is 414 g/mol. The fraction of sp³-hybridized carbons (Fsp3) is 0.400. The number of piperidine rings is 1. The van der Waals surface area contributed by atoms with Gasteiger partial charge in [0.05, 0.1) is 0 Å². The number of carbonyl (C=O) groups is 1. The standard InChI is InChI=1S/C20H23ClN6O2/c1-14-3-2-9-25(12-14)17-8-10-26-19(23-17)24-27(20(26)29)13-18(28)22-11-15-4-6-16(21)7-5-15/h4-8,10,14H,2-3,9,11-13H2,1H3,(H,22,28)/t14-/m0/s1. The number of hydrogen-bond donors (Lipinski definition) is 1.